The second kappa shape index (κ2) is 4.37. The van der Waals surface area contributed by atoms with Crippen LogP contribution < -0.4 is 5.32 Å². The number of hydrogen-bond acceptors (Lipinski definition) is 1. The van der Waals surface area contributed by atoms with Crippen LogP contribution in [0.3, 0.4) is 0 Å². The summed E-state index contributed by atoms with van der Waals surface area (Å²) in [6.45, 7) is 7.36. The fourth-order valence-corrected chi connectivity index (χ4v) is 0.274. The molecule has 1 radical (unpaired) electrons. The topological polar surface area (TPSA) is 29.1 Å². The van der Waals surface area contributed by atoms with Gasteiger partial charge in [0, 0.05) is 13.0 Å². The summed E-state index contributed by atoms with van der Waals surface area (Å²) in [5.41, 5.74) is 0. The lowest BCUT2D eigenvalue weighted by Crippen LogP contribution is -2.21. The highest BCUT2D eigenvalue weighted by Crippen LogP contribution is 1.71. The molecule has 2 heteroatoms. The van der Waals surface area contributed by atoms with Crippen LogP contribution in [0.2, 0.25) is 0 Å². The first-order chi connectivity index (χ1) is 3.81. The molecule has 45 valence electrons. The molecule has 0 aromatic heterocycles. The van der Waals surface area contributed by atoms with Gasteiger partial charge in [0.1, 0.15) is 0 Å². The van der Waals surface area contributed by atoms with Crippen molar-refractivity contribution < 1.29 is 4.79 Å². The Morgan fingerprint density at radius 1 is 1.75 bits per heavy atom. The van der Waals surface area contributed by atoms with E-state index in [1.54, 1.807) is 6.08 Å². The summed E-state index contributed by atoms with van der Waals surface area (Å²) in [6.07, 6.45) is 1.93. The van der Waals surface area contributed by atoms with Crippen molar-refractivity contribution in [1.29, 1.82) is 0 Å². The summed E-state index contributed by atoms with van der Waals surface area (Å²) in [7, 11) is 0. The van der Waals surface area contributed by atoms with Crippen LogP contribution >= 0.6 is 0 Å². The predicted octanol–water partition coefficient (Wildman–Crippen LogP) is 0.513. The minimum atomic E-state index is -0.0371. The number of hydrogen-bond donors (Lipinski definition) is 1. The van der Waals surface area contributed by atoms with E-state index >= 15 is 0 Å². The maximum atomic E-state index is 10.3. The summed E-state index contributed by atoms with van der Waals surface area (Å²) in [5.74, 6) is -0.0371. The lowest BCUT2D eigenvalue weighted by molar-refractivity contribution is -0.120. The van der Waals surface area contributed by atoms with E-state index in [9.17, 15) is 4.79 Å². The number of carbonyl (C=O) groups excluding carboxylic acids is 1. The zero-order valence-corrected chi connectivity index (χ0v) is 4.81. The molecule has 0 rings (SSSR count). The second-order valence-corrected chi connectivity index (χ2v) is 1.34. The third-order valence-corrected chi connectivity index (χ3v) is 0.671. The Morgan fingerprint density at radius 3 is 2.75 bits per heavy atom. The van der Waals surface area contributed by atoms with Crippen molar-refractivity contribution in [3.05, 3.63) is 19.6 Å². The van der Waals surface area contributed by atoms with E-state index in [-0.39, 0.29) is 5.91 Å². The quantitative estimate of drug-likeness (QED) is 0.529. The summed E-state index contributed by atoms with van der Waals surface area (Å²) in [5, 5.41) is 2.56. The van der Waals surface area contributed by atoms with Gasteiger partial charge in [-0.25, -0.2) is 0 Å². The maximum Gasteiger partial charge on any atom is 0.220 e. The summed E-state index contributed by atoms with van der Waals surface area (Å²) in [4.78, 5) is 10.3. The molecule has 1 N–H and O–H groups in total. The smallest absolute Gasteiger partial charge is 0.220 e. The Morgan fingerprint density at radius 2 is 2.38 bits per heavy atom. The van der Waals surface area contributed by atoms with Gasteiger partial charge in [-0.05, 0) is 6.92 Å². The van der Waals surface area contributed by atoms with Crippen LogP contribution in [0.1, 0.15) is 6.42 Å². The fourth-order valence-electron chi connectivity index (χ4n) is 0.274. The molecule has 0 aliphatic heterocycles. The summed E-state index contributed by atoms with van der Waals surface area (Å²) in [6, 6.07) is 0. The first-order valence-corrected chi connectivity index (χ1v) is 2.48. The Labute approximate surface area is 49.6 Å². The van der Waals surface area contributed by atoms with Crippen molar-refractivity contribution in [2.75, 3.05) is 6.54 Å². The Balaban J connectivity index is 3.11. The molecule has 8 heavy (non-hydrogen) atoms. The monoisotopic (exact) mass is 112 g/mol. The van der Waals surface area contributed by atoms with Crippen LogP contribution in [0.5, 0.6) is 0 Å². The molecule has 0 aliphatic rings. The Bertz CT molecular complexity index is 88.5. The molecule has 0 spiro atoms. The SMILES string of the molecule is [CH2]CC(=O)NCC=C. The molecule has 0 aromatic carbocycles. The molecule has 0 aliphatic carbocycles. The maximum absolute atomic E-state index is 10.3. The molecular formula is C6H10NO. The van der Waals surface area contributed by atoms with Crippen molar-refractivity contribution in [3.63, 3.8) is 0 Å². The molecule has 0 bridgehead atoms. The average molecular weight is 112 g/mol. The molecule has 0 saturated heterocycles. The molecule has 1 amide bonds. The predicted molar refractivity (Wildman–Crippen MR) is 33.2 cm³/mol. The van der Waals surface area contributed by atoms with Gasteiger partial charge in [0.2, 0.25) is 5.91 Å². The summed E-state index contributed by atoms with van der Waals surface area (Å²) >= 11 is 0. The minimum Gasteiger partial charge on any atom is -0.353 e. The third kappa shape index (κ3) is 3.40. The standard InChI is InChI=1S/C6H10NO/c1-3-5-7-6(8)4-2/h3H,1-2,4-5H2,(H,7,8). The molecule has 0 unspecified atom stereocenters. The number of amides is 1. The van der Waals surface area contributed by atoms with Gasteiger partial charge in [0.15, 0.2) is 0 Å². The van der Waals surface area contributed by atoms with Crippen LogP contribution in [-0.2, 0) is 4.79 Å². The molecule has 0 atom stereocenters. The summed E-state index contributed by atoms with van der Waals surface area (Å²) < 4.78 is 0. The van der Waals surface area contributed by atoms with Crippen LogP contribution in [0.25, 0.3) is 0 Å². The number of carbonyl (C=O) groups is 1. The average Bonchev–Trinajstić information content (AvgIpc) is 1.83. The number of rotatable bonds is 3. The van der Waals surface area contributed by atoms with E-state index in [1.807, 2.05) is 0 Å². The van der Waals surface area contributed by atoms with E-state index in [4.69, 9.17) is 0 Å². The van der Waals surface area contributed by atoms with Gasteiger partial charge in [-0.2, -0.15) is 0 Å². The van der Waals surface area contributed by atoms with E-state index in [0.717, 1.165) is 0 Å². The molecule has 0 saturated carbocycles. The van der Waals surface area contributed by atoms with Crippen molar-refractivity contribution in [2.45, 2.75) is 6.42 Å². The highest BCUT2D eigenvalue weighted by molar-refractivity contribution is 5.76. The van der Waals surface area contributed by atoms with E-state index in [1.165, 1.54) is 0 Å². The highest BCUT2D eigenvalue weighted by Gasteiger charge is 1.89. The minimum absolute atomic E-state index is 0.0371. The van der Waals surface area contributed by atoms with Gasteiger partial charge in [-0.15, -0.1) is 6.58 Å². The molecule has 2 nitrogen and oxygen atoms in total. The molecule has 0 fully saturated rings. The fraction of sp³-hybridized carbons (Fsp3) is 0.333. The van der Waals surface area contributed by atoms with Gasteiger partial charge < -0.3 is 5.32 Å². The largest absolute Gasteiger partial charge is 0.353 e. The van der Waals surface area contributed by atoms with Crippen molar-refractivity contribution >= 4 is 5.91 Å². The third-order valence-electron chi connectivity index (χ3n) is 0.671. The van der Waals surface area contributed by atoms with Gasteiger partial charge in [0.05, 0.1) is 0 Å². The van der Waals surface area contributed by atoms with E-state index in [0.29, 0.717) is 13.0 Å². The Hall–Kier alpha value is -0.790. The van der Waals surface area contributed by atoms with Crippen LogP contribution in [0.4, 0.5) is 0 Å². The Kier molecular flexibility index (Phi) is 3.94. The van der Waals surface area contributed by atoms with Crippen LogP contribution in [0.15, 0.2) is 12.7 Å². The first-order valence-electron chi connectivity index (χ1n) is 2.48. The van der Waals surface area contributed by atoms with Crippen molar-refractivity contribution in [3.8, 4) is 0 Å². The van der Waals surface area contributed by atoms with E-state index < -0.39 is 0 Å². The zero-order valence-electron chi connectivity index (χ0n) is 4.81. The molecular weight excluding hydrogens is 102 g/mol. The van der Waals surface area contributed by atoms with E-state index in [2.05, 4.69) is 18.8 Å². The normalized spacial score (nSPS) is 8.12. The first kappa shape index (κ1) is 7.21. The lowest BCUT2D eigenvalue weighted by Gasteiger charge is -1.94. The van der Waals surface area contributed by atoms with Crippen LogP contribution in [0, 0.1) is 6.92 Å². The van der Waals surface area contributed by atoms with Gasteiger partial charge in [-0.3, -0.25) is 4.79 Å². The molecule has 0 aromatic rings. The van der Waals surface area contributed by atoms with Gasteiger partial charge in [-0.1, -0.05) is 6.08 Å². The second-order valence-electron chi connectivity index (χ2n) is 1.34. The van der Waals surface area contributed by atoms with Crippen molar-refractivity contribution in [2.24, 2.45) is 0 Å². The van der Waals surface area contributed by atoms with Gasteiger partial charge in [0.25, 0.3) is 0 Å². The number of nitrogens with one attached hydrogen (secondary N) is 1. The van der Waals surface area contributed by atoms with Crippen molar-refractivity contribution in [1.82, 2.24) is 5.32 Å². The lowest BCUT2D eigenvalue weighted by atomic mass is 10.4. The zero-order chi connectivity index (χ0) is 6.41. The van der Waals surface area contributed by atoms with Gasteiger partial charge >= 0.3 is 0 Å². The highest BCUT2D eigenvalue weighted by atomic mass is 16.1. The molecule has 0 heterocycles. The van der Waals surface area contributed by atoms with Crippen LogP contribution in [-0.4, -0.2) is 12.5 Å².